The molecule has 0 unspecified atom stereocenters. The van der Waals surface area contributed by atoms with Gasteiger partial charge in [-0.25, -0.2) is 5.43 Å². The number of fused-ring (bicyclic) bond motifs is 1. The zero-order valence-corrected chi connectivity index (χ0v) is 18.8. The number of amides is 1. The van der Waals surface area contributed by atoms with E-state index in [0.717, 1.165) is 17.5 Å². The number of nitrogens with one attached hydrogen (secondary N) is 1. The standard InChI is InChI=1S/C24H30ClN3O/c1-15(2)28-22-10-16(3)19(12-21(22)17(4)13-24(28,5)6)14-26-27-23(29)18-8-7-9-20(25)11-18/h7-12,14-15,17H,13H2,1-6H3,(H,27,29)/b26-14-/t17-/m0/s1. The monoisotopic (exact) mass is 411 g/mol. The van der Waals surface area contributed by atoms with Gasteiger partial charge in [-0.15, -0.1) is 0 Å². The smallest absolute Gasteiger partial charge is 0.271 e. The molecule has 0 spiro atoms. The van der Waals surface area contributed by atoms with Gasteiger partial charge in [0.25, 0.3) is 5.91 Å². The summed E-state index contributed by atoms with van der Waals surface area (Å²) in [5, 5.41) is 4.71. The predicted octanol–water partition coefficient (Wildman–Crippen LogP) is 5.91. The molecule has 0 saturated heterocycles. The maximum absolute atomic E-state index is 12.3. The number of carbonyl (C=O) groups is 1. The van der Waals surface area contributed by atoms with E-state index in [1.165, 1.54) is 11.3 Å². The minimum absolute atomic E-state index is 0.119. The van der Waals surface area contributed by atoms with Crippen LogP contribution in [0.5, 0.6) is 0 Å². The zero-order chi connectivity index (χ0) is 21.3. The van der Waals surface area contributed by atoms with E-state index >= 15 is 0 Å². The van der Waals surface area contributed by atoms with Crippen molar-refractivity contribution >= 4 is 29.4 Å². The second-order valence-corrected chi connectivity index (χ2v) is 9.29. The Morgan fingerprint density at radius 3 is 2.69 bits per heavy atom. The van der Waals surface area contributed by atoms with E-state index in [0.29, 0.717) is 22.5 Å². The number of nitrogens with zero attached hydrogens (tertiary/aromatic N) is 2. The first-order valence-corrected chi connectivity index (χ1v) is 10.5. The average molecular weight is 412 g/mol. The Morgan fingerprint density at radius 2 is 2.03 bits per heavy atom. The molecule has 3 rings (SSSR count). The number of carbonyl (C=O) groups excluding carboxylic acids is 1. The Bertz CT molecular complexity index is 949. The van der Waals surface area contributed by atoms with Gasteiger partial charge in [-0.3, -0.25) is 4.79 Å². The first-order valence-electron chi connectivity index (χ1n) is 10.1. The molecule has 1 amide bonds. The fourth-order valence-corrected chi connectivity index (χ4v) is 4.78. The van der Waals surface area contributed by atoms with Crippen LogP contribution in [0.3, 0.4) is 0 Å². The highest BCUT2D eigenvalue weighted by Gasteiger charge is 2.37. The highest BCUT2D eigenvalue weighted by atomic mass is 35.5. The van der Waals surface area contributed by atoms with Gasteiger partial charge in [-0.05, 0) is 94.0 Å². The second kappa shape index (κ2) is 8.19. The quantitative estimate of drug-likeness (QED) is 0.501. The third-order valence-corrected chi connectivity index (χ3v) is 5.87. The first-order chi connectivity index (χ1) is 13.6. The van der Waals surface area contributed by atoms with Crippen LogP contribution < -0.4 is 10.3 Å². The van der Waals surface area contributed by atoms with Crippen molar-refractivity contribution in [3.05, 3.63) is 63.7 Å². The SMILES string of the molecule is Cc1cc2c(cc1/C=N\NC(=O)c1cccc(Cl)c1)[C@@H](C)CC(C)(C)N2C(C)C. The highest BCUT2D eigenvalue weighted by Crippen LogP contribution is 2.45. The molecule has 0 aromatic heterocycles. The van der Waals surface area contributed by atoms with Crippen molar-refractivity contribution in [1.29, 1.82) is 0 Å². The summed E-state index contributed by atoms with van der Waals surface area (Å²) in [5.41, 5.74) is 8.00. The molecule has 2 aromatic rings. The van der Waals surface area contributed by atoms with Crippen LogP contribution in [0.2, 0.25) is 5.02 Å². The van der Waals surface area contributed by atoms with Gasteiger partial charge in [-0.1, -0.05) is 24.6 Å². The van der Waals surface area contributed by atoms with Crippen LogP contribution >= 0.6 is 11.6 Å². The maximum atomic E-state index is 12.3. The largest absolute Gasteiger partial charge is 0.364 e. The lowest BCUT2D eigenvalue weighted by molar-refractivity contribution is 0.0955. The highest BCUT2D eigenvalue weighted by molar-refractivity contribution is 6.30. The van der Waals surface area contributed by atoms with Crippen molar-refractivity contribution < 1.29 is 4.79 Å². The molecule has 0 saturated carbocycles. The van der Waals surface area contributed by atoms with Crippen molar-refractivity contribution in [3.63, 3.8) is 0 Å². The van der Waals surface area contributed by atoms with Gasteiger partial charge in [0.2, 0.25) is 0 Å². The summed E-state index contributed by atoms with van der Waals surface area (Å²) in [7, 11) is 0. The first kappa shape index (κ1) is 21.4. The fourth-order valence-electron chi connectivity index (χ4n) is 4.59. The average Bonchev–Trinajstić information content (AvgIpc) is 2.61. The topological polar surface area (TPSA) is 44.7 Å². The van der Waals surface area contributed by atoms with Gasteiger partial charge < -0.3 is 4.90 Å². The number of hydrazone groups is 1. The summed E-state index contributed by atoms with van der Waals surface area (Å²) >= 11 is 5.95. The molecule has 1 aliphatic rings. The van der Waals surface area contributed by atoms with Crippen molar-refractivity contribution in [2.75, 3.05) is 4.90 Å². The normalized spacial score (nSPS) is 18.2. The fraction of sp³-hybridized carbons (Fsp3) is 0.417. The molecule has 1 N–H and O–H groups in total. The number of hydrogen-bond donors (Lipinski definition) is 1. The molecule has 0 radical (unpaired) electrons. The number of hydrogen-bond acceptors (Lipinski definition) is 3. The molecule has 29 heavy (non-hydrogen) atoms. The van der Waals surface area contributed by atoms with Crippen molar-refractivity contribution in [3.8, 4) is 0 Å². The zero-order valence-electron chi connectivity index (χ0n) is 18.1. The molecule has 1 heterocycles. The third-order valence-electron chi connectivity index (χ3n) is 5.64. The van der Waals surface area contributed by atoms with Gasteiger partial charge in [0, 0.05) is 27.9 Å². The van der Waals surface area contributed by atoms with Gasteiger partial charge in [-0.2, -0.15) is 5.10 Å². The van der Waals surface area contributed by atoms with Crippen LogP contribution in [0.15, 0.2) is 41.5 Å². The Balaban J connectivity index is 1.86. The van der Waals surface area contributed by atoms with Gasteiger partial charge >= 0.3 is 0 Å². The summed E-state index contributed by atoms with van der Waals surface area (Å²) in [6, 6.07) is 11.7. The lowest BCUT2D eigenvalue weighted by Crippen LogP contribution is -2.51. The van der Waals surface area contributed by atoms with Gasteiger partial charge in [0.15, 0.2) is 0 Å². The van der Waals surface area contributed by atoms with E-state index < -0.39 is 0 Å². The molecular formula is C24H30ClN3O. The molecule has 0 bridgehead atoms. The van der Waals surface area contributed by atoms with E-state index in [4.69, 9.17) is 11.6 Å². The van der Waals surface area contributed by atoms with Crippen LogP contribution in [0.1, 0.15) is 74.0 Å². The summed E-state index contributed by atoms with van der Waals surface area (Å²) in [6.45, 7) is 13.5. The Morgan fingerprint density at radius 1 is 1.31 bits per heavy atom. The van der Waals surface area contributed by atoms with Crippen LogP contribution in [0.4, 0.5) is 5.69 Å². The minimum Gasteiger partial charge on any atom is -0.364 e. The number of benzene rings is 2. The maximum Gasteiger partial charge on any atom is 0.271 e. The number of anilines is 1. The van der Waals surface area contributed by atoms with E-state index in [2.05, 4.69) is 69.1 Å². The Hall–Kier alpha value is -2.33. The molecular weight excluding hydrogens is 382 g/mol. The minimum atomic E-state index is -0.277. The van der Waals surface area contributed by atoms with E-state index in [1.54, 1.807) is 30.5 Å². The molecule has 2 aromatic carbocycles. The molecule has 154 valence electrons. The lowest BCUT2D eigenvalue weighted by atomic mass is 9.78. The summed E-state index contributed by atoms with van der Waals surface area (Å²) in [5.74, 6) is 0.185. The molecule has 1 atom stereocenters. The summed E-state index contributed by atoms with van der Waals surface area (Å²) < 4.78 is 0. The molecule has 0 fully saturated rings. The van der Waals surface area contributed by atoms with Crippen LogP contribution in [0.25, 0.3) is 0 Å². The number of rotatable bonds is 4. The van der Waals surface area contributed by atoms with Gasteiger partial charge in [0.05, 0.1) is 6.21 Å². The summed E-state index contributed by atoms with van der Waals surface area (Å²) in [4.78, 5) is 14.8. The lowest BCUT2D eigenvalue weighted by Gasteiger charge is -2.50. The second-order valence-electron chi connectivity index (χ2n) is 8.86. The van der Waals surface area contributed by atoms with Crippen LogP contribution in [0, 0.1) is 6.92 Å². The number of halogens is 1. The van der Waals surface area contributed by atoms with Crippen molar-refractivity contribution in [2.24, 2.45) is 5.10 Å². The van der Waals surface area contributed by atoms with Crippen LogP contribution in [-0.2, 0) is 0 Å². The number of aryl methyl sites for hydroxylation is 1. The molecule has 5 heteroatoms. The predicted molar refractivity (Wildman–Crippen MR) is 122 cm³/mol. The van der Waals surface area contributed by atoms with E-state index in [9.17, 15) is 4.79 Å². The van der Waals surface area contributed by atoms with Crippen molar-refractivity contribution in [2.45, 2.75) is 65.5 Å². The van der Waals surface area contributed by atoms with Crippen LogP contribution in [-0.4, -0.2) is 23.7 Å². The Labute approximate surface area is 179 Å². The Kier molecular flexibility index (Phi) is 6.04. The summed E-state index contributed by atoms with van der Waals surface area (Å²) in [6.07, 6.45) is 2.83. The molecule has 1 aliphatic heterocycles. The van der Waals surface area contributed by atoms with Gasteiger partial charge in [0.1, 0.15) is 0 Å². The third kappa shape index (κ3) is 4.48. The van der Waals surface area contributed by atoms with E-state index in [1.807, 2.05) is 0 Å². The molecule has 0 aliphatic carbocycles. The van der Waals surface area contributed by atoms with E-state index in [-0.39, 0.29) is 11.4 Å². The van der Waals surface area contributed by atoms with Crippen molar-refractivity contribution in [1.82, 2.24) is 5.43 Å². The molecule has 4 nitrogen and oxygen atoms in total.